The van der Waals surface area contributed by atoms with E-state index in [2.05, 4.69) is 38.5 Å². The number of benzene rings is 1. The molecule has 0 bridgehead atoms. The summed E-state index contributed by atoms with van der Waals surface area (Å²) in [5, 5.41) is 8.57. The van der Waals surface area contributed by atoms with Gasteiger partial charge in [-0.3, -0.25) is 4.90 Å². The fourth-order valence-electron chi connectivity index (χ4n) is 3.09. The number of hydrogen-bond donors (Lipinski definition) is 0. The average molecular weight is 339 g/mol. The molecular formula is C18H21N5O2. The topological polar surface area (TPSA) is 69.2 Å². The summed E-state index contributed by atoms with van der Waals surface area (Å²) in [6, 6.07) is 10.1. The molecule has 0 aliphatic carbocycles. The van der Waals surface area contributed by atoms with E-state index in [4.69, 9.17) is 9.26 Å². The van der Waals surface area contributed by atoms with Crippen LogP contribution in [-0.2, 0) is 11.3 Å². The summed E-state index contributed by atoms with van der Waals surface area (Å²) < 4.78 is 12.9. The Morgan fingerprint density at radius 3 is 2.80 bits per heavy atom. The molecule has 3 heterocycles. The first-order valence-corrected chi connectivity index (χ1v) is 8.43. The van der Waals surface area contributed by atoms with Crippen LogP contribution >= 0.6 is 0 Å². The Bertz CT molecular complexity index is 842. The summed E-state index contributed by atoms with van der Waals surface area (Å²) in [5.74, 6) is 1.26. The van der Waals surface area contributed by atoms with Gasteiger partial charge in [-0.15, -0.1) is 0 Å². The normalized spacial score (nSPS) is 18.6. The van der Waals surface area contributed by atoms with Crippen LogP contribution in [0.15, 0.2) is 41.1 Å². The molecule has 1 aliphatic rings. The number of ether oxygens (including phenoxy) is 1. The SMILES string of the molecule is Cc1noc(C2COCCN2Cc2cn(-c3ccccc3)nc2C)n1. The van der Waals surface area contributed by atoms with Crippen molar-refractivity contribution < 1.29 is 9.26 Å². The number of aromatic nitrogens is 4. The lowest BCUT2D eigenvalue weighted by atomic mass is 10.1. The number of nitrogens with zero attached hydrogens (tertiary/aromatic N) is 5. The van der Waals surface area contributed by atoms with Gasteiger partial charge in [-0.25, -0.2) is 4.68 Å². The Morgan fingerprint density at radius 2 is 2.04 bits per heavy atom. The van der Waals surface area contributed by atoms with Crippen LogP contribution < -0.4 is 0 Å². The van der Waals surface area contributed by atoms with Gasteiger partial charge in [0.1, 0.15) is 6.04 Å². The molecule has 0 N–H and O–H groups in total. The largest absolute Gasteiger partial charge is 0.378 e. The third-order valence-electron chi connectivity index (χ3n) is 4.46. The zero-order valence-electron chi connectivity index (χ0n) is 14.4. The van der Waals surface area contributed by atoms with Gasteiger partial charge in [-0.05, 0) is 26.0 Å². The molecule has 1 unspecified atom stereocenters. The van der Waals surface area contributed by atoms with Crippen LogP contribution in [0.25, 0.3) is 5.69 Å². The van der Waals surface area contributed by atoms with Crippen LogP contribution in [0.2, 0.25) is 0 Å². The summed E-state index contributed by atoms with van der Waals surface area (Å²) in [5.41, 5.74) is 3.27. The van der Waals surface area contributed by atoms with Crippen LogP contribution in [-0.4, -0.2) is 44.6 Å². The molecule has 3 aromatic rings. The third-order valence-corrected chi connectivity index (χ3v) is 4.46. The van der Waals surface area contributed by atoms with E-state index in [1.54, 1.807) is 0 Å². The Kier molecular flexibility index (Phi) is 4.33. The highest BCUT2D eigenvalue weighted by molar-refractivity contribution is 5.32. The Hall–Kier alpha value is -2.51. The lowest BCUT2D eigenvalue weighted by molar-refractivity contribution is -0.0241. The lowest BCUT2D eigenvalue weighted by Gasteiger charge is -2.33. The van der Waals surface area contributed by atoms with Crippen molar-refractivity contribution in [3.8, 4) is 5.69 Å². The Morgan fingerprint density at radius 1 is 1.20 bits per heavy atom. The first-order chi connectivity index (χ1) is 12.2. The van der Waals surface area contributed by atoms with E-state index in [-0.39, 0.29) is 6.04 Å². The molecule has 0 spiro atoms. The summed E-state index contributed by atoms with van der Waals surface area (Å²) >= 11 is 0. The van der Waals surface area contributed by atoms with Crippen molar-refractivity contribution in [3.63, 3.8) is 0 Å². The van der Waals surface area contributed by atoms with Gasteiger partial charge in [0.15, 0.2) is 5.82 Å². The minimum atomic E-state index is -0.0191. The molecule has 7 nitrogen and oxygen atoms in total. The summed E-state index contributed by atoms with van der Waals surface area (Å²) in [7, 11) is 0. The Balaban J connectivity index is 1.57. The van der Waals surface area contributed by atoms with E-state index < -0.39 is 0 Å². The monoisotopic (exact) mass is 339 g/mol. The van der Waals surface area contributed by atoms with Crippen LogP contribution in [0.4, 0.5) is 0 Å². The Labute approximate surface area is 146 Å². The van der Waals surface area contributed by atoms with E-state index in [1.807, 2.05) is 36.7 Å². The lowest BCUT2D eigenvalue weighted by Crippen LogP contribution is -2.39. The molecule has 2 aromatic heterocycles. The van der Waals surface area contributed by atoms with Crippen molar-refractivity contribution in [2.24, 2.45) is 0 Å². The molecule has 0 radical (unpaired) electrons. The molecule has 25 heavy (non-hydrogen) atoms. The van der Waals surface area contributed by atoms with Crippen molar-refractivity contribution in [3.05, 3.63) is 59.5 Å². The van der Waals surface area contributed by atoms with Crippen molar-refractivity contribution in [2.45, 2.75) is 26.4 Å². The van der Waals surface area contributed by atoms with E-state index >= 15 is 0 Å². The third kappa shape index (κ3) is 3.33. The van der Waals surface area contributed by atoms with Crippen LogP contribution in [0, 0.1) is 13.8 Å². The van der Waals surface area contributed by atoms with Gasteiger partial charge in [-0.2, -0.15) is 10.1 Å². The smallest absolute Gasteiger partial charge is 0.246 e. The standard InChI is InChI=1S/C18H21N5O2/c1-13-15(11-23(20-13)16-6-4-3-5-7-16)10-22-8-9-24-12-17(22)18-19-14(2)21-25-18/h3-7,11,17H,8-10,12H2,1-2H3. The predicted molar refractivity (Wildman–Crippen MR) is 91.3 cm³/mol. The molecule has 1 aromatic carbocycles. The second kappa shape index (κ2) is 6.78. The number of para-hydroxylation sites is 1. The van der Waals surface area contributed by atoms with Crippen molar-refractivity contribution in [1.29, 1.82) is 0 Å². The van der Waals surface area contributed by atoms with Gasteiger partial charge in [0.2, 0.25) is 5.89 Å². The number of hydrogen-bond acceptors (Lipinski definition) is 6. The summed E-state index contributed by atoms with van der Waals surface area (Å²) in [6.45, 7) is 6.73. The van der Waals surface area contributed by atoms with Crippen LogP contribution in [0.3, 0.4) is 0 Å². The van der Waals surface area contributed by atoms with Crippen LogP contribution in [0.5, 0.6) is 0 Å². The number of rotatable bonds is 4. The van der Waals surface area contributed by atoms with Crippen molar-refractivity contribution in [2.75, 3.05) is 19.8 Å². The fourth-order valence-corrected chi connectivity index (χ4v) is 3.09. The molecule has 0 saturated carbocycles. The molecule has 1 saturated heterocycles. The second-order valence-corrected chi connectivity index (χ2v) is 6.26. The molecule has 1 atom stereocenters. The van der Waals surface area contributed by atoms with Gasteiger partial charge in [0.25, 0.3) is 0 Å². The average Bonchev–Trinajstić information content (AvgIpc) is 3.23. The number of aryl methyl sites for hydroxylation is 2. The number of morpholine rings is 1. The van der Waals surface area contributed by atoms with Crippen molar-refractivity contribution >= 4 is 0 Å². The van der Waals surface area contributed by atoms with Gasteiger partial charge in [0.05, 0.1) is 24.6 Å². The van der Waals surface area contributed by atoms with Crippen molar-refractivity contribution in [1.82, 2.24) is 24.8 Å². The van der Waals surface area contributed by atoms with Gasteiger partial charge < -0.3 is 9.26 Å². The molecule has 1 aliphatic heterocycles. The minimum absolute atomic E-state index is 0.0191. The fraction of sp³-hybridized carbons (Fsp3) is 0.389. The van der Waals surface area contributed by atoms with E-state index in [0.29, 0.717) is 24.9 Å². The summed E-state index contributed by atoms with van der Waals surface area (Å²) in [4.78, 5) is 6.70. The van der Waals surface area contributed by atoms with Gasteiger partial charge >= 0.3 is 0 Å². The maximum absolute atomic E-state index is 5.63. The molecule has 130 valence electrons. The van der Waals surface area contributed by atoms with Crippen LogP contribution in [0.1, 0.15) is 29.0 Å². The predicted octanol–water partition coefficient (Wildman–Crippen LogP) is 2.45. The van der Waals surface area contributed by atoms with Gasteiger partial charge in [-0.1, -0.05) is 23.4 Å². The first-order valence-electron chi connectivity index (χ1n) is 8.43. The minimum Gasteiger partial charge on any atom is -0.378 e. The summed E-state index contributed by atoms with van der Waals surface area (Å²) in [6.07, 6.45) is 2.09. The molecule has 7 heteroatoms. The first kappa shape index (κ1) is 16.0. The van der Waals surface area contributed by atoms with Gasteiger partial charge in [0, 0.05) is 24.8 Å². The zero-order chi connectivity index (χ0) is 17.2. The second-order valence-electron chi connectivity index (χ2n) is 6.26. The molecule has 4 rings (SSSR count). The maximum atomic E-state index is 5.63. The quantitative estimate of drug-likeness (QED) is 0.727. The molecular weight excluding hydrogens is 318 g/mol. The highest BCUT2D eigenvalue weighted by Gasteiger charge is 2.30. The molecule has 0 amide bonds. The zero-order valence-corrected chi connectivity index (χ0v) is 14.4. The van der Waals surface area contributed by atoms with E-state index in [0.717, 1.165) is 24.5 Å². The maximum Gasteiger partial charge on any atom is 0.246 e. The van der Waals surface area contributed by atoms with E-state index in [1.165, 1.54) is 5.56 Å². The highest BCUT2D eigenvalue weighted by atomic mass is 16.5. The molecule has 1 fully saturated rings. The highest BCUT2D eigenvalue weighted by Crippen LogP contribution is 2.25. The van der Waals surface area contributed by atoms with E-state index in [9.17, 15) is 0 Å².